The minimum atomic E-state index is -4.44. The number of nitrogens with two attached hydrogens (primary N) is 1. The minimum absolute atomic E-state index is 0.162. The van der Waals surface area contributed by atoms with Crippen LogP contribution in [0.3, 0.4) is 0 Å². The number of anilines is 1. The van der Waals surface area contributed by atoms with Crippen molar-refractivity contribution >= 4 is 5.82 Å². The number of hydrogen-bond donors (Lipinski definition) is 2. The Morgan fingerprint density at radius 3 is 2.18 bits per heavy atom. The molecule has 0 aliphatic carbocycles. The number of nitrogens with zero attached hydrogens (tertiary/aromatic N) is 1. The summed E-state index contributed by atoms with van der Waals surface area (Å²) in [7, 11) is 0. The number of H-pyrrole nitrogens is 1. The molecule has 1 aromatic rings. The minimum Gasteiger partial charge on any atom is -0.382 e. The maximum atomic E-state index is 11.9. The molecule has 0 saturated heterocycles. The van der Waals surface area contributed by atoms with E-state index in [1.54, 1.807) is 0 Å². The van der Waals surface area contributed by atoms with Gasteiger partial charge in [0.05, 0.1) is 0 Å². The number of nitrogen functional groups attached to an aromatic ring is 1. The molecule has 0 spiro atoms. The second-order valence-electron chi connectivity index (χ2n) is 2.08. The monoisotopic (exact) mass is 165 g/mol. The third kappa shape index (κ3) is 1.44. The van der Waals surface area contributed by atoms with Gasteiger partial charge in [0.15, 0.2) is 11.5 Å². The summed E-state index contributed by atoms with van der Waals surface area (Å²) < 4.78 is 35.7. The van der Waals surface area contributed by atoms with E-state index in [0.717, 1.165) is 0 Å². The van der Waals surface area contributed by atoms with Crippen molar-refractivity contribution in [2.75, 3.05) is 5.73 Å². The molecule has 1 aromatic heterocycles. The number of aryl methyl sites for hydroxylation is 1. The van der Waals surface area contributed by atoms with Crippen LogP contribution in [-0.4, -0.2) is 9.97 Å². The fraction of sp³-hybridized carbons (Fsp3) is 0.400. The third-order valence-electron chi connectivity index (χ3n) is 1.13. The Morgan fingerprint density at radius 2 is 2.00 bits per heavy atom. The average Bonchev–Trinajstić information content (AvgIpc) is 2.08. The molecule has 0 aliphatic heterocycles. The van der Waals surface area contributed by atoms with Crippen molar-refractivity contribution in [1.29, 1.82) is 0 Å². The summed E-state index contributed by atoms with van der Waals surface area (Å²) in [6, 6.07) is 0. The standard InChI is InChI=1S/C5H6F3N3/c1-2-10-3(4(9)11-2)5(6,7)8/h9H2,1H3,(H,10,11). The Morgan fingerprint density at radius 1 is 1.45 bits per heavy atom. The normalized spacial score (nSPS) is 12.0. The molecule has 0 radical (unpaired) electrons. The van der Waals surface area contributed by atoms with E-state index in [9.17, 15) is 13.2 Å². The molecule has 1 heterocycles. The smallest absolute Gasteiger partial charge is 0.382 e. The predicted octanol–water partition coefficient (Wildman–Crippen LogP) is 1.32. The van der Waals surface area contributed by atoms with E-state index in [1.807, 2.05) is 4.98 Å². The third-order valence-corrected chi connectivity index (χ3v) is 1.13. The number of halogens is 3. The van der Waals surface area contributed by atoms with Crippen LogP contribution in [0.2, 0.25) is 0 Å². The molecule has 0 bridgehead atoms. The predicted molar refractivity (Wildman–Crippen MR) is 32.7 cm³/mol. The molecular formula is C5H6F3N3. The van der Waals surface area contributed by atoms with Gasteiger partial charge in [0.25, 0.3) is 0 Å². The molecule has 0 aliphatic rings. The van der Waals surface area contributed by atoms with Gasteiger partial charge in [0.2, 0.25) is 0 Å². The van der Waals surface area contributed by atoms with Gasteiger partial charge in [-0.1, -0.05) is 0 Å². The molecule has 0 fully saturated rings. The Kier molecular flexibility index (Phi) is 1.54. The van der Waals surface area contributed by atoms with Crippen molar-refractivity contribution in [1.82, 2.24) is 9.97 Å². The summed E-state index contributed by atoms with van der Waals surface area (Å²) >= 11 is 0. The highest BCUT2D eigenvalue weighted by molar-refractivity contribution is 5.37. The number of hydrogen-bond acceptors (Lipinski definition) is 2. The van der Waals surface area contributed by atoms with Gasteiger partial charge in [-0.3, -0.25) is 0 Å². The highest BCUT2D eigenvalue weighted by Gasteiger charge is 2.35. The molecule has 1 rings (SSSR count). The van der Waals surface area contributed by atoms with Crippen LogP contribution in [0.25, 0.3) is 0 Å². The van der Waals surface area contributed by atoms with Gasteiger partial charge in [-0.15, -0.1) is 0 Å². The van der Waals surface area contributed by atoms with Crippen LogP contribution in [0.4, 0.5) is 19.0 Å². The number of aromatic nitrogens is 2. The maximum Gasteiger partial charge on any atom is 0.434 e. The first-order valence-corrected chi connectivity index (χ1v) is 2.80. The van der Waals surface area contributed by atoms with Crippen LogP contribution in [0.15, 0.2) is 0 Å². The van der Waals surface area contributed by atoms with E-state index in [4.69, 9.17) is 5.73 Å². The van der Waals surface area contributed by atoms with E-state index in [-0.39, 0.29) is 5.82 Å². The van der Waals surface area contributed by atoms with Crippen molar-refractivity contribution in [3.8, 4) is 0 Å². The molecule has 3 N–H and O–H groups in total. The molecule has 0 amide bonds. The second-order valence-corrected chi connectivity index (χ2v) is 2.08. The lowest BCUT2D eigenvalue weighted by molar-refractivity contribution is -0.140. The molecular weight excluding hydrogens is 159 g/mol. The molecule has 3 nitrogen and oxygen atoms in total. The van der Waals surface area contributed by atoms with E-state index < -0.39 is 17.7 Å². The summed E-state index contributed by atoms with van der Waals surface area (Å²) in [4.78, 5) is 5.40. The van der Waals surface area contributed by atoms with Crippen LogP contribution >= 0.6 is 0 Å². The van der Waals surface area contributed by atoms with Gasteiger partial charge in [0, 0.05) is 0 Å². The van der Waals surface area contributed by atoms with Crippen molar-refractivity contribution in [3.05, 3.63) is 11.5 Å². The lowest BCUT2D eigenvalue weighted by atomic mass is 10.4. The van der Waals surface area contributed by atoms with E-state index >= 15 is 0 Å². The first-order valence-electron chi connectivity index (χ1n) is 2.80. The van der Waals surface area contributed by atoms with Crippen molar-refractivity contribution in [2.24, 2.45) is 0 Å². The number of aromatic amines is 1. The van der Waals surface area contributed by atoms with Crippen molar-refractivity contribution in [3.63, 3.8) is 0 Å². The molecule has 0 unspecified atom stereocenters. The van der Waals surface area contributed by atoms with Crippen molar-refractivity contribution in [2.45, 2.75) is 13.1 Å². The zero-order chi connectivity index (χ0) is 8.65. The Balaban J connectivity index is 3.13. The van der Waals surface area contributed by atoms with Gasteiger partial charge >= 0.3 is 6.18 Å². The average molecular weight is 165 g/mol. The lowest BCUT2D eigenvalue weighted by Gasteiger charge is -2.02. The Bertz CT molecular complexity index is 262. The van der Waals surface area contributed by atoms with Gasteiger partial charge in [-0.25, -0.2) is 4.98 Å². The zero-order valence-corrected chi connectivity index (χ0v) is 5.66. The highest BCUT2D eigenvalue weighted by Crippen LogP contribution is 2.31. The fourth-order valence-corrected chi connectivity index (χ4v) is 0.726. The molecule has 0 atom stereocenters. The van der Waals surface area contributed by atoms with E-state index in [2.05, 4.69) is 4.98 Å². The maximum absolute atomic E-state index is 11.9. The first kappa shape index (κ1) is 7.90. The van der Waals surface area contributed by atoms with Crippen LogP contribution in [-0.2, 0) is 6.18 Å². The summed E-state index contributed by atoms with van der Waals surface area (Å²) in [5.41, 5.74) is 3.99. The van der Waals surface area contributed by atoms with Crippen LogP contribution in [0, 0.1) is 6.92 Å². The molecule has 62 valence electrons. The fourth-order valence-electron chi connectivity index (χ4n) is 0.726. The highest BCUT2D eigenvalue weighted by atomic mass is 19.4. The molecule has 0 saturated carbocycles. The summed E-state index contributed by atoms with van der Waals surface area (Å²) in [5.74, 6) is -0.343. The van der Waals surface area contributed by atoms with Crippen LogP contribution < -0.4 is 5.73 Å². The van der Waals surface area contributed by atoms with Crippen LogP contribution in [0.5, 0.6) is 0 Å². The first-order chi connectivity index (χ1) is 4.91. The van der Waals surface area contributed by atoms with E-state index in [1.165, 1.54) is 6.92 Å². The number of rotatable bonds is 0. The summed E-state index contributed by atoms with van der Waals surface area (Å²) in [6.07, 6.45) is -4.44. The molecule has 6 heteroatoms. The van der Waals surface area contributed by atoms with Gasteiger partial charge < -0.3 is 10.7 Å². The number of alkyl halides is 3. The zero-order valence-electron chi connectivity index (χ0n) is 5.66. The van der Waals surface area contributed by atoms with Crippen molar-refractivity contribution < 1.29 is 13.2 Å². The largest absolute Gasteiger partial charge is 0.434 e. The van der Waals surface area contributed by atoms with Gasteiger partial charge in [-0.2, -0.15) is 13.2 Å². The lowest BCUT2D eigenvalue weighted by Crippen LogP contribution is -2.08. The van der Waals surface area contributed by atoms with Gasteiger partial charge in [-0.05, 0) is 6.92 Å². The molecule has 0 aromatic carbocycles. The van der Waals surface area contributed by atoms with E-state index in [0.29, 0.717) is 0 Å². The number of imidazole rings is 1. The quantitative estimate of drug-likeness (QED) is 0.609. The number of nitrogens with one attached hydrogen (secondary N) is 1. The summed E-state index contributed by atoms with van der Waals surface area (Å²) in [5, 5.41) is 0. The SMILES string of the molecule is Cc1nc(N)c(C(F)(F)F)[nH]1. The second kappa shape index (κ2) is 2.14. The van der Waals surface area contributed by atoms with Gasteiger partial charge in [0.1, 0.15) is 5.82 Å². The Hall–Kier alpha value is -1.20. The molecule has 11 heavy (non-hydrogen) atoms. The van der Waals surface area contributed by atoms with Crippen LogP contribution in [0.1, 0.15) is 11.5 Å². The Labute approximate surface area is 60.4 Å². The topological polar surface area (TPSA) is 54.7 Å². The summed E-state index contributed by atoms with van der Waals surface area (Å²) in [6.45, 7) is 1.41.